The van der Waals surface area contributed by atoms with Crippen molar-refractivity contribution in [2.75, 3.05) is 10.8 Å². The number of hydrogen-bond donors (Lipinski definition) is 0. The quantitative estimate of drug-likeness (QED) is 0.0920. The van der Waals surface area contributed by atoms with Gasteiger partial charge in [0.05, 0.1) is 15.4 Å². The predicted octanol–water partition coefficient (Wildman–Crippen LogP) is 13.3. The van der Waals surface area contributed by atoms with E-state index in [-0.39, 0.29) is 0 Å². The fourth-order valence-electron chi connectivity index (χ4n) is 6.15. The molecular weight excluding hydrogens is 639 g/mol. The Morgan fingerprint density at radius 1 is 0.545 bits per heavy atom. The zero-order valence-corrected chi connectivity index (χ0v) is 30.9. The van der Waals surface area contributed by atoms with Crippen LogP contribution in [-0.4, -0.2) is 15.0 Å². The maximum atomic E-state index is 13.9. The van der Waals surface area contributed by atoms with Crippen molar-refractivity contribution < 1.29 is 8.42 Å². The third-order valence-corrected chi connectivity index (χ3v) is 15.4. The summed E-state index contributed by atoms with van der Waals surface area (Å²) >= 11 is 6.98. The van der Waals surface area contributed by atoms with Crippen molar-refractivity contribution in [3.05, 3.63) is 46.2 Å². The SMILES string of the molecule is CCCCCCCCCCCCCCCCCCN1c2cc(-c3ccc(-c4ccc(C)s4)s3)sc2-c2sc(C)cc2S1(=O)=O. The van der Waals surface area contributed by atoms with E-state index in [0.717, 1.165) is 38.0 Å². The summed E-state index contributed by atoms with van der Waals surface area (Å²) in [5.41, 5.74) is 0.877. The van der Waals surface area contributed by atoms with E-state index in [1.807, 2.05) is 24.3 Å². The van der Waals surface area contributed by atoms with Gasteiger partial charge in [0.1, 0.15) is 4.90 Å². The second-order valence-electron chi connectivity index (χ2n) is 12.3. The highest BCUT2D eigenvalue weighted by Gasteiger charge is 2.38. The highest BCUT2D eigenvalue weighted by molar-refractivity contribution is 7.93. The molecule has 0 amide bonds. The van der Waals surface area contributed by atoms with Gasteiger partial charge in [-0.05, 0) is 56.7 Å². The normalized spacial score (nSPS) is 13.8. The van der Waals surface area contributed by atoms with Crippen LogP contribution in [0.5, 0.6) is 0 Å². The molecule has 1 aliphatic rings. The molecule has 5 rings (SSSR count). The van der Waals surface area contributed by atoms with Gasteiger partial charge in [0, 0.05) is 35.8 Å². The van der Waals surface area contributed by atoms with E-state index in [4.69, 9.17) is 0 Å². The average molecular weight is 688 g/mol. The number of unbranched alkanes of at least 4 members (excludes halogenated alkanes) is 15. The Morgan fingerprint density at radius 2 is 1.07 bits per heavy atom. The van der Waals surface area contributed by atoms with Crippen molar-refractivity contribution in [2.24, 2.45) is 0 Å². The number of fused-ring (bicyclic) bond motifs is 3. The van der Waals surface area contributed by atoms with Crippen molar-refractivity contribution >= 4 is 61.1 Å². The Morgan fingerprint density at radius 3 is 1.64 bits per heavy atom. The number of thiophene rings is 4. The Kier molecular flexibility index (Phi) is 12.6. The topological polar surface area (TPSA) is 37.4 Å². The van der Waals surface area contributed by atoms with Crippen molar-refractivity contribution in [1.82, 2.24) is 0 Å². The van der Waals surface area contributed by atoms with Gasteiger partial charge in [0.2, 0.25) is 0 Å². The minimum Gasteiger partial charge on any atom is -0.265 e. The minimum absolute atomic E-state index is 0.498. The molecule has 5 heterocycles. The molecule has 0 radical (unpaired) electrons. The van der Waals surface area contributed by atoms with Crippen molar-refractivity contribution in [3.8, 4) is 29.3 Å². The van der Waals surface area contributed by atoms with E-state index in [0.29, 0.717) is 11.4 Å². The largest absolute Gasteiger partial charge is 0.265 e. The summed E-state index contributed by atoms with van der Waals surface area (Å²) in [6.07, 6.45) is 21.1. The molecule has 4 aromatic heterocycles. The van der Waals surface area contributed by atoms with Crippen LogP contribution in [0.4, 0.5) is 5.69 Å². The fraction of sp³-hybridized carbons (Fsp3) is 0.556. The summed E-state index contributed by atoms with van der Waals surface area (Å²) in [5, 5.41) is 0. The molecule has 0 aliphatic carbocycles. The van der Waals surface area contributed by atoms with Crippen molar-refractivity contribution in [2.45, 2.75) is 128 Å². The first-order valence-corrected chi connectivity index (χ1v) is 21.5. The van der Waals surface area contributed by atoms with Gasteiger partial charge in [0.25, 0.3) is 10.0 Å². The van der Waals surface area contributed by atoms with Crippen LogP contribution in [0, 0.1) is 13.8 Å². The lowest BCUT2D eigenvalue weighted by atomic mass is 10.0. The number of hydrogen-bond acceptors (Lipinski definition) is 6. The van der Waals surface area contributed by atoms with Gasteiger partial charge in [-0.3, -0.25) is 4.31 Å². The first-order chi connectivity index (χ1) is 21.4. The van der Waals surface area contributed by atoms with Gasteiger partial charge in [-0.1, -0.05) is 103 Å². The maximum absolute atomic E-state index is 13.9. The molecule has 0 bridgehead atoms. The van der Waals surface area contributed by atoms with Gasteiger partial charge in [-0.2, -0.15) is 0 Å². The van der Waals surface area contributed by atoms with Gasteiger partial charge in [-0.25, -0.2) is 8.42 Å². The van der Waals surface area contributed by atoms with Crippen LogP contribution in [0.2, 0.25) is 0 Å². The monoisotopic (exact) mass is 687 g/mol. The average Bonchev–Trinajstić information content (AvgIpc) is 3.80. The van der Waals surface area contributed by atoms with Crippen molar-refractivity contribution in [1.29, 1.82) is 0 Å². The van der Waals surface area contributed by atoms with Crippen LogP contribution in [0.1, 0.15) is 119 Å². The zero-order chi connectivity index (χ0) is 30.9. The van der Waals surface area contributed by atoms with Crippen molar-refractivity contribution in [3.63, 3.8) is 0 Å². The highest BCUT2D eigenvalue weighted by atomic mass is 32.2. The summed E-state index contributed by atoms with van der Waals surface area (Å²) in [4.78, 5) is 9.83. The molecule has 4 aromatic rings. The van der Waals surface area contributed by atoms with Gasteiger partial charge in [-0.15, -0.1) is 45.3 Å². The molecule has 44 heavy (non-hydrogen) atoms. The molecule has 0 aromatic carbocycles. The van der Waals surface area contributed by atoms with Gasteiger partial charge >= 0.3 is 0 Å². The fourth-order valence-corrected chi connectivity index (χ4v) is 12.7. The lowest BCUT2D eigenvalue weighted by Crippen LogP contribution is -2.34. The molecule has 0 fully saturated rings. The van der Waals surface area contributed by atoms with Crippen LogP contribution < -0.4 is 4.31 Å². The maximum Gasteiger partial charge on any atom is 0.265 e. The molecule has 0 saturated heterocycles. The molecule has 0 N–H and O–H groups in total. The standard InChI is InChI=1S/C36H49NO2S5/c1-4-5-6-7-8-9-10-11-12-13-14-15-16-17-18-19-24-37-29-26-33(32-23-22-31(42-32)30-21-20-27(2)40-30)43-35(29)36-34(44(37,38)39)25-28(3)41-36/h20-23,25-26H,4-19,24H2,1-3H3. The van der Waals surface area contributed by atoms with E-state index in [1.165, 1.54) is 109 Å². The Hall–Kier alpha value is -1.45. The Labute approximate surface area is 282 Å². The number of nitrogens with zero attached hydrogens (tertiary/aromatic N) is 1. The zero-order valence-electron chi connectivity index (χ0n) is 26.8. The van der Waals surface area contributed by atoms with Gasteiger partial charge in [0.15, 0.2) is 0 Å². The van der Waals surface area contributed by atoms with E-state index >= 15 is 0 Å². The molecule has 8 heteroatoms. The summed E-state index contributed by atoms with van der Waals surface area (Å²) in [7, 11) is -3.54. The van der Waals surface area contributed by atoms with E-state index in [1.54, 1.807) is 38.3 Å². The lowest BCUT2D eigenvalue weighted by Gasteiger charge is -2.28. The second kappa shape index (κ2) is 16.4. The molecule has 0 atom stereocenters. The highest BCUT2D eigenvalue weighted by Crippen LogP contribution is 2.54. The van der Waals surface area contributed by atoms with Crippen LogP contribution in [0.3, 0.4) is 0 Å². The first-order valence-electron chi connectivity index (χ1n) is 16.8. The smallest absolute Gasteiger partial charge is 0.265 e. The molecule has 3 nitrogen and oxygen atoms in total. The molecule has 240 valence electrons. The van der Waals surface area contributed by atoms with Crippen LogP contribution >= 0.6 is 45.3 Å². The second-order valence-corrected chi connectivity index (χ2v) is 18.8. The summed E-state index contributed by atoms with van der Waals surface area (Å²) < 4.78 is 29.4. The summed E-state index contributed by atoms with van der Waals surface area (Å²) in [6, 6.07) is 12.8. The lowest BCUT2D eigenvalue weighted by molar-refractivity contribution is 0.529. The minimum atomic E-state index is -3.54. The van der Waals surface area contributed by atoms with Crippen LogP contribution in [-0.2, 0) is 10.0 Å². The predicted molar refractivity (Wildman–Crippen MR) is 198 cm³/mol. The Bertz CT molecular complexity index is 1570. The third-order valence-electron chi connectivity index (χ3n) is 8.62. The summed E-state index contributed by atoms with van der Waals surface area (Å²) in [6.45, 7) is 7.00. The molecule has 0 spiro atoms. The first kappa shape index (κ1) is 33.9. The third kappa shape index (κ3) is 8.47. The molecule has 1 aliphatic heterocycles. The summed E-state index contributed by atoms with van der Waals surface area (Å²) in [5.74, 6) is 0. The number of aryl methyl sites for hydroxylation is 2. The van der Waals surface area contributed by atoms with Crippen LogP contribution in [0.15, 0.2) is 41.3 Å². The molecular formula is C36H49NO2S5. The van der Waals surface area contributed by atoms with E-state index < -0.39 is 10.0 Å². The molecule has 0 saturated carbocycles. The van der Waals surface area contributed by atoms with Crippen LogP contribution in [0.25, 0.3) is 29.3 Å². The number of rotatable bonds is 19. The van der Waals surface area contributed by atoms with Gasteiger partial charge < -0.3 is 0 Å². The number of anilines is 1. The Balaban J connectivity index is 1.11. The van der Waals surface area contributed by atoms with E-state index in [2.05, 4.69) is 44.2 Å². The number of sulfonamides is 1. The molecule has 0 unspecified atom stereocenters. The van der Waals surface area contributed by atoms with E-state index in [9.17, 15) is 8.42 Å².